The predicted molar refractivity (Wildman–Crippen MR) is 72.0 cm³/mol. The fourth-order valence-electron chi connectivity index (χ4n) is 1.67. The molecule has 0 saturated heterocycles. The first kappa shape index (κ1) is 14.2. The standard InChI is InChI=1S/C14H19N3O/c1-3-10-17(4-2)14(18)13-7-9-16-11-12(13)6-5-8-15/h7,9,11H,3-4,8,10,15H2,1-2H3. The summed E-state index contributed by atoms with van der Waals surface area (Å²) in [5.41, 5.74) is 6.59. The maximum absolute atomic E-state index is 12.3. The second-order valence-electron chi connectivity index (χ2n) is 3.81. The minimum absolute atomic E-state index is 0.00284. The van der Waals surface area contributed by atoms with Crippen molar-refractivity contribution in [2.24, 2.45) is 5.73 Å². The van der Waals surface area contributed by atoms with E-state index in [2.05, 4.69) is 23.7 Å². The number of rotatable bonds is 4. The number of amides is 1. The number of pyridine rings is 1. The zero-order valence-electron chi connectivity index (χ0n) is 10.9. The van der Waals surface area contributed by atoms with Crippen LogP contribution in [-0.2, 0) is 0 Å². The molecule has 0 spiro atoms. The van der Waals surface area contributed by atoms with Gasteiger partial charge < -0.3 is 10.6 Å². The molecule has 1 rings (SSSR count). The second kappa shape index (κ2) is 7.46. The molecular weight excluding hydrogens is 226 g/mol. The molecule has 0 bridgehead atoms. The van der Waals surface area contributed by atoms with E-state index in [-0.39, 0.29) is 12.5 Å². The summed E-state index contributed by atoms with van der Waals surface area (Å²) >= 11 is 0. The van der Waals surface area contributed by atoms with Crippen LogP contribution in [0.4, 0.5) is 0 Å². The van der Waals surface area contributed by atoms with Crippen molar-refractivity contribution >= 4 is 5.91 Å². The van der Waals surface area contributed by atoms with E-state index >= 15 is 0 Å². The van der Waals surface area contributed by atoms with Crippen molar-refractivity contribution in [1.29, 1.82) is 0 Å². The van der Waals surface area contributed by atoms with Crippen molar-refractivity contribution < 1.29 is 4.79 Å². The van der Waals surface area contributed by atoms with Crippen molar-refractivity contribution in [2.45, 2.75) is 20.3 Å². The fourth-order valence-corrected chi connectivity index (χ4v) is 1.67. The summed E-state index contributed by atoms with van der Waals surface area (Å²) in [5.74, 6) is 5.65. The van der Waals surface area contributed by atoms with Crippen LogP contribution in [0.3, 0.4) is 0 Å². The Kier molecular flexibility index (Phi) is 5.89. The Hall–Kier alpha value is -1.86. The quantitative estimate of drug-likeness (QED) is 0.812. The number of carbonyl (C=O) groups excluding carboxylic acids is 1. The van der Waals surface area contributed by atoms with E-state index in [9.17, 15) is 4.79 Å². The van der Waals surface area contributed by atoms with Gasteiger partial charge in [0.25, 0.3) is 5.91 Å². The molecule has 0 aliphatic rings. The highest BCUT2D eigenvalue weighted by molar-refractivity contribution is 5.96. The van der Waals surface area contributed by atoms with Gasteiger partial charge in [0.05, 0.1) is 17.7 Å². The Morgan fingerprint density at radius 2 is 2.28 bits per heavy atom. The molecule has 1 amide bonds. The lowest BCUT2D eigenvalue weighted by atomic mass is 10.1. The van der Waals surface area contributed by atoms with Crippen LogP contribution in [0.15, 0.2) is 18.5 Å². The summed E-state index contributed by atoms with van der Waals surface area (Å²) in [6.07, 6.45) is 4.16. The van der Waals surface area contributed by atoms with Gasteiger partial charge in [-0.1, -0.05) is 18.8 Å². The van der Waals surface area contributed by atoms with E-state index in [1.807, 2.05) is 11.8 Å². The van der Waals surface area contributed by atoms with E-state index in [1.165, 1.54) is 0 Å². The summed E-state index contributed by atoms with van der Waals surface area (Å²) < 4.78 is 0. The monoisotopic (exact) mass is 245 g/mol. The summed E-state index contributed by atoms with van der Waals surface area (Å²) in [6, 6.07) is 1.71. The maximum atomic E-state index is 12.3. The number of nitrogens with zero attached hydrogens (tertiary/aromatic N) is 2. The largest absolute Gasteiger partial charge is 0.339 e. The summed E-state index contributed by atoms with van der Waals surface area (Å²) in [5, 5.41) is 0. The van der Waals surface area contributed by atoms with Crippen LogP contribution >= 0.6 is 0 Å². The molecule has 0 aromatic carbocycles. The highest BCUT2D eigenvalue weighted by Gasteiger charge is 2.16. The molecule has 2 N–H and O–H groups in total. The smallest absolute Gasteiger partial charge is 0.255 e. The van der Waals surface area contributed by atoms with E-state index in [0.717, 1.165) is 13.0 Å². The molecule has 0 unspecified atom stereocenters. The lowest BCUT2D eigenvalue weighted by molar-refractivity contribution is 0.0764. The van der Waals surface area contributed by atoms with Crippen molar-refractivity contribution in [3.63, 3.8) is 0 Å². The van der Waals surface area contributed by atoms with Gasteiger partial charge in [-0.2, -0.15) is 0 Å². The normalized spacial score (nSPS) is 9.50. The SMILES string of the molecule is CCCN(CC)C(=O)c1ccncc1C#CCN. The first-order valence-corrected chi connectivity index (χ1v) is 6.16. The lowest BCUT2D eigenvalue weighted by Gasteiger charge is -2.20. The fraction of sp³-hybridized carbons (Fsp3) is 0.429. The van der Waals surface area contributed by atoms with Crippen molar-refractivity contribution in [3.05, 3.63) is 29.6 Å². The molecule has 0 aliphatic carbocycles. The van der Waals surface area contributed by atoms with Gasteiger partial charge >= 0.3 is 0 Å². The minimum atomic E-state index is 0.00284. The van der Waals surface area contributed by atoms with Crippen LogP contribution in [0.1, 0.15) is 36.2 Å². The van der Waals surface area contributed by atoms with Gasteiger partial charge in [-0.05, 0) is 19.4 Å². The average Bonchev–Trinajstić information content (AvgIpc) is 2.42. The minimum Gasteiger partial charge on any atom is -0.339 e. The van der Waals surface area contributed by atoms with E-state index < -0.39 is 0 Å². The number of nitrogens with two attached hydrogens (primary N) is 1. The summed E-state index contributed by atoms with van der Waals surface area (Å²) in [7, 11) is 0. The molecule has 96 valence electrons. The molecule has 1 heterocycles. The van der Waals surface area contributed by atoms with Crippen molar-refractivity contribution in [2.75, 3.05) is 19.6 Å². The first-order chi connectivity index (χ1) is 8.74. The molecule has 0 aliphatic heterocycles. The van der Waals surface area contributed by atoms with Gasteiger partial charge in [-0.15, -0.1) is 0 Å². The Morgan fingerprint density at radius 3 is 2.89 bits per heavy atom. The van der Waals surface area contributed by atoms with Crippen LogP contribution < -0.4 is 5.73 Å². The molecule has 0 radical (unpaired) electrons. The molecule has 0 fully saturated rings. The molecule has 4 nitrogen and oxygen atoms in total. The summed E-state index contributed by atoms with van der Waals surface area (Å²) in [4.78, 5) is 18.2. The number of carbonyl (C=O) groups is 1. The molecular formula is C14H19N3O. The van der Waals surface area contributed by atoms with Gasteiger partial charge in [0, 0.05) is 25.5 Å². The van der Waals surface area contributed by atoms with Gasteiger partial charge in [0.1, 0.15) is 0 Å². The molecule has 1 aromatic heterocycles. The van der Waals surface area contributed by atoms with Gasteiger partial charge in [-0.3, -0.25) is 9.78 Å². The third kappa shape index (κ3) is 3.57. The van der Waals surface area contributed by atoms with Gasteiger partial charge in [-0.25, -0.2) is 0 Å². The molecule has 18 heavy (non-hydrogen) atoms. The van der Waals surface area contributed by atoms with Crippen LogP contribution in [0.2, 0.25) is 0 Å². The number of hydrogen-bond acceptors (Lipinski definition) is 3. The maximum Gasteiger partial charge on any atom is 0.255 e. The number of hydrogen-bond donors (Lipinski definition) is 1. The topological polar surface area (TPSA) is 59.2 Å². The Morgan fingerprint density at radius 1 is 1.50 bits per heavy atom. The Balaban J connectivity index is 3.04. The predicted octanol–water partition coefficient (Wildman–Crippen LogP) is 1.26. The third-order valence-corrected chi connectivity index (χ3v) is 2.54. The molecule has 0 atom stereocenters. The van der Waals surface area contributed by atoms with E-state index in [1.54, 1.807) is 18.5 Å². The molecule has 0 saturated carbocycles. The van der Waals surface area contributed by atoms with Crippen LogP contribution in [0, 0.1) is 11.8 Å². The molecule has 4 heteroatoms. The highest BCUT2D eigenvalue weighted by Crippen LogP contribution is 2.10. The average molecular weight is 245 g/mol. The second-order valence-corrected chi connectivity index (χ2v) is 3.81. The van der Waals surface area contributed by atoms with E-state index in [0.29, 0.717) is 17.7 Å². The summed E-state index contributed by atoms with van der Waals surface area (Å²) in [6.45, 7) is 5.74. The van der Waals surface area contributed by atoms with E-state index in [4.69, 9.17) is 5.73 Å². The lowest BCUT2D eigenvalue weighted by Crippen LogP contribution is -2.32. The van der Waals surface area contributed by atoms with Crippen LogP contribution in [0.5, 0.6) is 0 Å². The van der Waals surface area contributed by atoms with Gasteiger partial charge in [0.2, 0.25) is 0 Å². The Bertz CT molecular complexity index is 460. The zero-order chi connectivity index (χ0) is 13.4. The highest BCUT2D eigenvalue weighted by atomic mass is 16.2. The van der Waals surface area contributed by atoms with Crippen LogP contribution in [0.25, 0.3) is 0 Å². The first-order valence-electron chi connectivity index (χ1n) is 6.16. The van der Waals surface area contributed by atoms with Crippen molar-refractivity contribution in [3.8, 4) is 11.8 Å². The van der Waals surface area contributed by atoms with Gasteiger partial charge in [0.15, 0.2) is 0 Å². The number of aromatic nitrogens is 1. The van der Waals surface area contributed by atoms with Crippen molar-refractivity contribution in [1.82, 2.24) is 9.88 Å². The molecule has 1 aromatic rings. The Labute approximate surface area is 108 Å². The zero-order valence-corrected chi connectivity index (χ0v) is 10.9. The van der Waals surface area contributed by atoms with Crippen LogP contribution in [-0.4, -0.2) is 35.4 Å². The third-order valence-electron chi connectivity index (χ3n) is 2.54.